The molecule has 1 saturated carbocycles. The van der Waals surface area contributed by atoms with Crippen LogP contribution < -0.4 is 16.4 Å². The summed E-state index contributed by atoms with van der Waals surface area (Å²) in [5.41, 5.74) is 5.87. The number of nitrogens with one attached hydrogen (secondary N) is 2. The maximum atomic E-state index is 11.3. The largest absolute Gasteiger partial charge is 0.361 e. The highest BCUT2D eigenvalue weighted by molar-refractivity contribution is 5.91. The molecule has 1 aliphatic carbocycles. The molecule has 1 unspecified atom stereocenters. The Kier molecular flexibility index (Phi) is 9.07. The summed E-state index contributed by atoms with van der Waals surface area (Å²) in [6.07, 6.45) is 7.32. The van der Waals surface area contributed by atoms with Crippen molar-refractivity contribution < 1.29 is 14.1 Å². The summed E-state index contributed by atoms with van der Waals surface area (Å²) in [7, 11) is 1.56. The molecule has 0 radical (unpaired) electrons. The van der Waals surface area contributed by atoms with Crippen LogP contribution in [0, 0.1) is 0 Å². The van der Waals surface area contributed by atoms with Gasteiger partial charge < -0.3 is 20.9 Å². The molecule has 0 saturated heterocycles. The van der Waals surface area contributed by atoms with Gasteiger partial charge in [-0.3, -0.25) is 9.59 Å². The Morgan fingerprint density at radius 3 is 2.54 bits per heavy atom. The molecule has 136 valence electrons. The minimum absolute atomic E-state index is 0.0245. The predicted molar refractivity (Wildman–Crippen MR) is 92.6 cm³/mol. The van der Waals surface area contributed by atoms with E-state index >= 15 is 0 Å². The molecule has 24 heavy (non-hydrogen) atoms. The van der Waals surface area contributed by atoms with Crippen molar-refractivity contribution in [3.8, 4) is 0 Å². The average molecular weight is 338 g/mol. The predicted octanol–water partition coefficient (Wildman–Crippen LogP) is 1.77. The molecule has 4 N–H and O–H groups in total. The van der Waals surface area contributed by atoms with E-state index in [4.69, 9.17) is 10.3 Å². The zero-order valence-corrected chi connectivity index (χ0v) is 14.9. The minimum atomic E-state index is -0.214. The number of carbonyl (C=O) groups excluding carboxylic acids is 2. The molecular formula is C17H30N4O3. The second-order valence-corrected chi connectivity index (χ2v) is 6.19. The van der Waals surface area contributed by atoms with Gasteiger partial charge in [-0.2, -0.15) is 0 Å². The molecule has 1 fully saturated rings. The molecule has 0 aromatic carbocycles. The third kappa shape index (κ3) is 7.59. The number of hydrogen-bond acceptors (Lipinski definition) is 5. The fourth-order valence-corrected chi connectivity index (χ4v) is 2.54. The number of amides is 2. The Balaban J connectivity index is 0.000000243. The zero-order chi connectivity index (χ0) is 17.9. The van der Waals surface area contributed by atoms with E-state index in [9.17, 15) is 9.59 Å². The number of nitrogens with two attached hydrogens (primary N) is 1. The van der Waals surface area contributed by atoms with Gasteiger partial charge in [0.15, 0.2) is 5.69 Å². The first-order chi connectivity index (χ1) is 11.5. The summed E-state index contributed by atoms with van der Waals surface area (Å²) >= 11 is 0. The number of rotatable bonds is 5. The Morgan fingerprint density at radius 2 is 2.04 bits per heavy atom. The second-order valence-electron chi connectivity index (χ2n) is 6.19. The number of aromatic nitrogens is 1. The van der Waals surface area contributed by atoms with Crippen LogP contribution in [0.2, 0.25) is 0 Å². The van der Waals surface area contributed by atoms with E-state index in [1.807, 2.05) is 13.8 Å². The Hall–Kier alpha value is -1.89. The second kappa shape index (κ2) is 10.8. The van der Waals surface area contributed by atoms with Crippen molar-refractivity contribution in [3.05, 3.63) is 17.5 Å². The SMILES string of the molecule is CC(N)CC(=O)NC1CCCCC1.CCc1cc(C(=O)NC)no1. The molecule has 0 bridgehead atoms. The van der Waals surface area contributed by atoms with Crippen molar-refractivity contribution in [2.75, 3.05) is 7.05 Å². The molecule has 0 aliphatic heterocycles. The smallest absolute Gasteiger partial charge is 0.273 e. The zero-order valence-electron chi connectivity index (χ0n) is 14.9. The molecule has 2 amide bonds. The van der Waals surface area contributed by atoms with E-state index in [0.29, 0.717) is 18.2 Å². The molecular weight excluding hydrogens is 308 g/mol. The molecule has 1 aliphatic rings. The van der Waals surface area contributed by atoms with Gasteiger partial charge in [-0.05, 0) is 19.8 Å². The Labute approximate surface area is 143 Å². The number of nitrogens with zero attached hydrogens (tertiary/aromatic N) is 1. The molecule has 1 heterocycles. The van der Waals surface area contributed by atoms with E-state index in [2.05, 4.69) is 15.8 Å². The summed E-state index contributed by atoms with van der Waals surface area (Å²) in [5.74, 6) is 0.624. The van der Waals surface area contributed by atoms with Crippen LogP contribution in [0.1, 0.15) is 68.6 Å². The lowest BCUT2D eigenvalue weighted by Gasteiger charge is -2.23. The van der Waals surface area contributed by atoms with Crippen LogP contribution in [0.5, 0.6) is 0 Å². The minimum Gasteiger partial charge on any atom is -0.361 e. The maximum Gasteiger partial charge on any atom is 0.273 e. The van der Waals surface area contributed by atoms with Gasteiger partial charge in [0.05, 0.1) is 0 Å². The summed E-state index contributed by atoms with van der Waals surface area (Å²) < 4.78 is 4.83. The van der Waals surface area contributed by atoms with Crippen molar-refractivity contribution >= 4 is 11.8 Å². The van der Waals surface area contributed by atoms with Crippen molar-refractivity contribution in [2.45, 2.75) is 70.9 Å². The summed E-state index contributed by atoms with van der Waals surface area (Å²) in [4.78, 5) is 22.2. The first-order valence-corrected chi connectivity index (χ1v) is 8.68. The lowest BCUT2D eigenvalue weighted by atomic mass is 9.95. The first-order valence-electron chi connectivity index (χ1n) is 8.68. The average Bonchev–Trinajstić information content (AvgIpc) is 3.04. The lowest BCUT2D eigenvalue weighted by molar-refractivity contribution is -0.122. The van der Waals surface area contributed by atoms with Gasteiger partial charge in [0.1, 0.15) is 5.76 Å². The summed E-state index contributed by atoms with van der Waals surface area (Å²) in [5, 5.41) is 9.06. The molecule has 1 aromatic heterocycles. The number of carbonyl (C=O) groups is 2. The highest BCUT2D eigenvalue weighted by Gasteiger charge is 2.15. The van der Waals surface area contributed by atoms with Crippen LogP contribution in [-0.4, -0.2) is 36.1 Å². The lowest BCUT2D eigenvalue weighted by Crippen LogP contribution is -2.38. The number of hydrogen-bond donors (Lipinski definition) is 3. The van der Waals surface area contributed by atoms with Crippen LogP contribution in [0.3, 0.4) is 0 Å². The third-order valence-electron chi connectivity index (χ3n) is 3.84. The van der Waals surface area contributed by atoms with Crippen molar-refractivity contribution in [1.82, 2.24) is 15.8 Å². The molecule has 2 rings (SSSR count). The van der Waals surface area contributed by atoms with Crippen molar-refractivity contribution in [1.29, 1.82) is 0 Å². The standard InChI is InChI=1S/C10H20N2O.C7H10N2O2/c1-8(11)7-10(13)12-9-5-3-2-4-6-9;1-3-5-4-6(9-11-5)7(10)8-2/h8-9H,2-7,11H2,1H3,(H,12,13);4H,3H2,1-2H3,(H,8,10). The molecule has 0 spiro atoms. The quantitative estimate of drug-likeness (QED) is 0.758. The molecule has 7 heteroatoms. The first kappa shape index (κ1) is 20.2. The van der Waals surface area contributed by atoms with Crippen LogP contribution in [-0.2, 0) is 11.2 Å². The van der Waals surface area contributed by atoms with Gasteiger partial charge in [-0.25, -0.2) is 0 Å². The van der Waals surface area contributed by atoms with Crippen LogP contribution in [0.25, 0.3) is 0 Å². The van der Waals surface area contributed by atoms with Gasteiger partial charge in [0, 0.05) is 38.0 Å². The topological polar surface area (TPSA) is 110 Å². The van der Waals surface area contributed by atoms with Gasteiger partial charge in [0.2, 0.25) is 5.91 Å². The molecule has 1 aromatic rings. The van der Waals surface area contributed by atoms with Crippen molar-refractivity contribution in [2.24, 2.45) is 5.73 Å². The number of aryl methyl sites for hydroxylation is 1. The van der Waals surface area contributed by atoms with E-state index in [0.717, 1.165) is 25.0 Å². The maximum absolute atomic E-state index is 11.3. The van der Waals surface area contributed by atoms with Gasteiger partial charge in [-0.1, -0.05) is 31.3 Å². The van der Waals surface area contributed by atoms with E-state index < -0.39 is 0 Å². The Morgan fingerprint density at radius 1 is 1.38 bits per heavy atom. The monoisotopic (exact) mass is 338 g/mol. The van der Waals surface area contributed by atoms with Gasteiger partial charge >= 0.3 is 0 Å². The van der Waals surface area contributed by atoms with Crippen LogP contribution >= 0.6 is 0 Å². The normalized spacial score (nSPS) is 15.8. The molecule has 7 nitrogen and oxygen atoms in total. The molecule has 1 atom stereocenters. The van der Waals surface area contributed by atoms with E-state index in [1.54, 1.807) is 13.1 Å². The van der Waals surface area contributed by atoms with Crippen molar-refractivity contribution in [3.63, 3.8) is 0 Å². The van der Waals surface area contributed by atoms with Gasteiger partial charge in [0.25, 0.3) is 5.91 Å². The van der Waals surface area contributed by atoms with Gasteiger partial charge in [-0.15, -0.1) is 0 Å². The summed E-state index contributed by atoms with van der Waals surface area (Å²) in [6.45, 7) is 3.80. The highest BCUT2D eigenvalue weighted by Crippen LogP contribution is 2.17. The summed E-state index contributed by atoms with van der Waals surface area (Å²) in [6, 6.07) is 2.03. The van der Waals surface area contributed by atoms with Crippen LogP contribution in [0.4, 0.5) is 0 Å². The van der Waals surface area contributed by atoms with E-state index in [-0.39, 0.29) is 17.9 Å². The highest BCUT2D eigenvalue weighted by atomic mass is 16.5. The van der Waals surface area contributed by atoms with E-state index in [1.165, 1.54) is 19.3 Å². The Bertz CT molecular complexity index is 508. The fourth-order valence-electron chi connectivity index (χ4n) is 2.54. The third-order valence-corrected chi connectivity index (χ3v) is 3.84. The van der Waals surface area contributed by atoms with Crippen LogP contribution in [0.15, 0.2) is 10.6 Å². The fraction of sp³-hybridized carbons (Fsp3) is 0.706.